The van der Waals surface area contributed by atoms with E-state index >= 15 is 0 Å². The third-order valence-corrected chi connectivity index (χ3v) is 4.16. The Bertz CT molecular complexity index is 623. The molecule has 100 valence electrons. The van der Waals surface area contributed by atoms with E-state index in [-0.39, 0.29) is 5.56 Å². The third kappa shape index (κ3) is 3.75. The number of nitrogens with zero attached hydrogens (tertiary/aromatic N) is 1. The second-order valence-electron chi connectivity index (χ2n) is 3.88. The van der Waals surface area contributed by atoms with Crippen LogP contribution in [0.2, 0.25) is 10.0 Å². The Balaban J connectivity index is 2.19. The average Bonchev–Trinajstić information content (AvgIpc) is 2.37. The van der Waals surface area contributed by atoms with Crippen LogP contribution in [0.15, 0.2) is 34.2 Å². The van der Waals surface area contributed by atoms with Crippen LogP contribution in [0.3, 0.4) is 0 Å². The van der Waals surface area contributed by atoms with E-state index in [2.05, 4.69) is 9.97 Å². The number of nitrogens with one attached hydrogen (secondary N) is 1. The molecular weight excluding hydrogens is 303 g/mol. The average molecular weight is 315 g/mol. The normalized spacial score (nSPS) is 10.7. The maximum Gasteiger partial charge on any atom is 0.251 e. The van der Waals surface area contributed by atoms with Gasteiger partial charge >= 0.3 is 0 Å². The molecule has 1 N–H and O–H groups in total. The molecule has 6 heteroatoms. The predicted octanol–water partition coefficient (Wildman–Crippen LogP) is 3.93. The minimum absolute atomic E-state index is 0.139. The second-order valence-corrected chi connectivity index (χ2v) is 5.66. The van der Waals surface area contributed by atoms with Crippen LogP contribution in [0.5, 0.6) is 0 Å². The van der Waals surface area contributed by atoms with Crippen molar-refractivity contribution >= 4 is 35.0 Å². The molecule has 1 aromatic heterocycles. The van der Waals surface area contributed by atoms with Crippen molar-refractivity contribution in [1.29, 1.82) is 0 Å². The van der Waals surface area contributed by atoms with Gasteiger partial charge in [-0.1, -0.05) is 48.0 Å². The van der Waals surface area contributed by atoms with Crippen LogP contribution in [-0.2, 0) is 12.2 Å². The molecule has 0 unspecified atom stereocenters. The molecule has 0 bridgehead atoms. The lowest BCUT2D eigenvalue weighted by molar-refractivity contribution is 0.868. The Labute approximate surface area is 125 Å². The standard InChI is InChI=1S/C13H12Cl2N2OS/c1-2-8-6-12(18)17-13(16-8)19-7-9-10(14)4-3-5-11(9)15/h3-6H,2,7H2,1H3,(H,16,17,18). The second kappa shape index (κ2) is 6.46. The molecule has 19 heavy (non-hydrogen) atoms. The van der Waals surface area contributed by atoms with Gasteiger partial charge in [-0.2, -0.15) is 0 Å². The fourth-order valence-corrected chi connectivity index (χ4v) is 3.18. The van der Waals surface area contributed by atoms with Gasteiger partial charge in [0.05, 0.1) is 0 Å². The summed E-state index contributed by atoms with van der Waals surface area (Å²) in [5.74, 6) is 0.564. The van der Waals surface area contributed by atoms with Gasteiger partial charge in [0.1, 0.15) is 0 Å². The van der Waals surface area contributed by atoms with Gasteiger partial charge in [0.2, 0.25) is 0 Å². The molecule has 0 radical (unpaired) electrons. The first-order chi connectivity index (χ1) is 9.10. The molecule has 0 saturated heterocycles. The molecule has 1 aromatic carbocycles. The molecule has 1 heterocycles. The molecule has 0 aliphatic carbocycles. The van der Waals surface area contributed by atoms with Gasteiger partial charge in [0.25, 0.3) is 5.56 Å². The lowest BCUT2D eigenvalue weighted by atomic mass is 10.2. The van der Waals surface area contributed by atoms with Gasteiger partial charge in [-0.05, 0) is 24.1 Å². The number of thioether (sulfide) groups is 1. The summed E-state index contributed by atoms with van der Waals surface area (Å²) < 4.78 is 0. The predicted molar refractivity (Wildman–Crippen MR) is 80.3 cm³/mol. The Kier molecular flexibility index (Phi) is 4.91. The van der Waals surface area contributed by atoms with Crippen molar-refractivity contribution in [2.45, 2.75) is 24.3 Å². The first kappa shape index (κ1) is 14.4. The Morgan fingerprint density at radius 2 is 2.00 bits per heavy atom. The quantitative estimate of drug-likeness (QED) is 0.687. The van der Waals surface area contributed by atoms with Crippen molar-refractivity contribution in [2.75, 3.05) is 0 Å². The summed E-state index contributed by atoms with van der Waals surface area (Å²) in [6, 6.07) is 6.90. The van der Waals surface area contributed by atoms with Crippen molar-refractivity contribution in [1.82, 2.24) is 9.97 Å². The molecule has 0 fully saturated rings. The van der Waals surface area contributed by atoms with E-state index in [4.69, 9.17) is 23.2 Å². The summed E-state index contributed by atoms with van der Waals surface area (Å²) in [5.41, 5.74) is 1.48. The summed E-state index contributed by atoms with van der Waals surface area (Å²) in [5, 5.41) is 1.82. The van der Waals surface area contributed by atoms with E-state index < -0.39 is 0 Å². The molecular formula is C13H12Cl2N2OS. The maximum atomic E-state index is 11.5. The van der Waals surface area contributed by atoms with Crippen LogP contribution < -0.4 is 5.56 Å². The van der Waals surface area contributed by atoms with Gasteiger partial charge in [-0.15, -0.1) is 0 Å². The van der Waals surface area contributed by atoms with E-state index in [1.54, 1.807) is 18.2 Å². The fraction of sp³-hybridized carbons (Fsp3) is 0.231. The van der Waals surface area contributed by atoms with Gasteiger partial charge in [-0.25, -0.2) is 4.98 Å². The Hall–Kier alpha value is -0.970. The number of benzene rings is 1. The summed E-state index contributed by atoms with van der Waals surface area (Å²) in [7, 11) is 0. The number of aromatic amines is 1. The zero-order valence-corrected chi connectivity index (χ0v) is 12.6. The lowest BCUT2D eigenvalue weighted by Crippen LogP contribution is -2.09. The summed E-state index contributed by atoms with van der Waals surface area (Å²) >= 11 is 13.6. The highest BCUT2D eigenvalue weighted by Gasteiger charge is 2.07. The SMILES string of the molecule is CCc1cc(=O)[nH]c(SCc2c(Cl)cccc2Cl)n1. The van der Waals surface area contributed by atoms with Crippen LogP contribution in [0.25, 0.3) is 0 Å². The zero-order valence-electron chi connectivity index (χ0n) is 10.2. The number of H-pyrrole nitrogens is 1. The maximum absolute atomic E-state index is 11.5. The van der Waals surface area contributed by atoms with Crippen molar-refractivity contribution in [3.05, 3.63) is 55.9 Å². The summed E-state index contributed by atoms with van der Waals surface area (Å²) in [6.45, 7) is 1.96. The Morgan fingerprint density at radius 1 is 1.32 bits per heavy atom. The van der Waals surface area contributed by atoms with Gasteiger partial charge in [-0.3, -0.25) is 4.79 Å². The van der Waals surface area contributed by atoms with Gasteiger partial charge in [0.15, 0.2) is 5.16 Å². The molecule has 0 aliphatic heterocycles. The van der Waals surface area contributed by atoms with Crippen molar-refractivity contribution in [2.24, 2.45) is 0 Å². The Morgan fingerprint density at radius 3 is 2.63 bits per heavy atom. The first-order valence-corrected chi connectivity index (χ1v) is 7.50. The highest BCUT2D eigenvalue weighted by atomic mass is 35.5. The number of aromatic nitrogens is 2. The van der Waals surface area contributed by atoms with Gasteiger partial charge in [0, 0.05) is 27.6 Å². The molecule has 3 nitrogen and oxygen atoms in total. The number of rotatable bonds is 4. The monoisotopic (exact) mass is 314 g/mol. The minimum Gasteiger partial charge on any atom is -0.301 e. The van der Waals surface area contributed by atoms with Crippen LogP contribution >= 0.6 is 35.0 Å². The van der Waals surface area contributed by atoms with E-state index in [0.717, 1.165) is 17.7 Å². The van der Waals surface area contributed by atoms with E-state index in [1.807, 2.05) is 6.92 Å². The topological polar surface area (TPSA) is 45.8 Å². The molecule has 0 spiro atoms. The van der Waals surface area contributed by atoms with Crippen LogP contribution in [0, 0.1) is 0 Å². The van der Waals surface area contributed by atoms with Crippen LogP contribution in [0.1, 0.15) is 18.2 Å². The van der Waals surface area contributed by atoms with E-state index in [9.17, 15) is 4.79 Å². The number of hydrogen-bond acceptors (Lipinski definition) is 3. The highest BCUT2D eigenvalue weighted by molar-refractivity contribution is 7.98. The molecule has 0 atom stereocenters. The molecule has 0 amide bonds. The third-order valence-electron chi connectivity index (χ3n) is 2.55. The first-order valence-electron chi connectivity index (χ1n) is 5.76. The summed E-state index contributed by atoms with van der Waals surface area (Å²) in [4.78, 5) is 18.5. The molecule has 0 saturated carbocycles. The number of hydrogen-bond donors (Lipinski definition) is 1. The van der Waals surface area contributed by atoms with Crippen LogP contribution in [-0.4, -0.2) is 9.97 Å². The largest absolute Gasteiger partial charge is 0.301 e. The molecule has 0 aliphatic rings. The smallest absolute Gasteiger partial charge is 0.251 e. The molecule has 2 aromatic rings. The van der Waals surface area contributed by atoms with E-state index in [0.29, 0.717) is 21.0 Å². The van der Waals surface area contributed by atoms with E-state index in [1.165, 1.54) is 17.8 Å². The van der Waals surface area contributed by atoms with Gasteiger partial charge < -0.3 is 4.98 Å². The summed E-state index contributed by atoms with van der Waals surface area (Å²) in [6.07, 6.45) is 0.727. The number of aryl methyl sites for hydroxylation is 1. The van der Waals surface area contributed by atoms with Crippen molar-refractivity contribution < 1.29 is 0 Å². The van der Waals surface area contributed by atoms with Crippen molar-refractivity contribution in [3.8, 4) is 0 Å². The lowest BCUT2D eigenvalue weighted by Gasteiger charge is -2.06. The minimum atomic E-state index is -0.139. The number of halogens is 2. The van der Waals surface area contributed by atoms with Crippen molar-refractivity contribution in [3.63, 3.8) is 0 Å². The highest BCUT2D eigenvalue weighted by Crippen LogP contribution is 2.29. The fourth-order valence-electron chi connectivity index (χ4n) is 1.54. The molecule has 2 rings (SSSR count). The zero-order chi connectivity index (χ0) is 13.8. The van der Waals surface area contributed by atoms with Crippen LogP contribution in [0.4, 0.5) is 0 Å².